The summed E-state index contributed by atoms with van der Waals surface area (Å²) < 4.78 is 14.0. The Morgan fingerprint density at radius 1 is 1.25 bits per heavy atom. The first-order valence-electron chi connectivity index (χ1n) is 5.71. The molecule has 0 radical (unpaired) electrons. The standard InChI is InChI=1S/C14H11BrFNO3/c15-9-3-1-2-4-11(9)17-13(14(19)20)8-5-6-12(18)10(16)7-8/h1-7,13,17-18H,(H,19,20). The van der Waals surface area contributed by atoms with Gasteiger partial charge in [-0.2, -0.15) is 0 Å². The third-order valence-electron chi connectivity index (χ3n) is 2.73. The van der Waals surface area contributed by atoms with E-state index in [1.54, 1.807) is 24.3 Å². The van der Waals surface area contributed by atoms with Crippen molar-refractivity contribution in [3.05, 3.63) is 58.3 Å². The lowest BCUT2D eigenvalue weighted by Crippen LogP contribution is -2.20. The van der Waals surface area contributed by atoms with Crippen molar-refractivity contribution in [2.45, 2.75) is 6.04 Å². The average molecular weight is 340 g/mol. The van der Waals surface area contributed by atoms with Gasteiger partial charge in [0.25, 0.3) is 0 Å². The smallest absolute Gasteiger partial charge is 0.330 e. The Balaban J connectivity index is 2.34. The summed E-state index contributed by atoms with van der Waals surface area (Å²) in [5.41, 5.74) is 0.789. The Bertz CT molecular complexity index is 648. The molecule has 1 atom stereocenters. The molecular formula is C14H11BrFNO3. The molecule has 0 spiro atoms. The fourth-order valence-electron chi connectivity index (χ4n) is 1.72. The minimum Gasteiger partial charge on any atom is -0.505 e. The summed E-state index contributed by atoms with van der Waals surface area (Å²) in [4.78, 5) is 11.3. The Morgan fingerprint density at radius 3 is 2.55 bits per heavy atom. The van der Waals surface area contributed by atoms with Crippen LogP contribution >= 0.6 is 15.9 Å². The lowest BCUT2D eigenvalue weighted by atomic mass is 10.1. The van der Waals surface area contributed by atoms with Crippen LogP contribution in [0.2, 0.25) is 0 Å². The van der Waals surface area contributed by atoms with Crippen LogP contribution in [0.4, 0.5) is 10.1 Å². The minimum atomic E-state index is -1.15. The predicted molar refractivity (Wildman–Crippen MR) is 76.2 cm³/mol. The molecule has 0 saturated carbocycles. The predicted octanol–water partition coefficient (Wildman–Crippen LogP) is 3.53. The molecule has 0 aromatic heterocycles. The van der Waals surface area contributed by atoms with Crippen LogP contribution in [0.5, 0.6) is 5.75 Å². The number of halogens is 2. The molecule has 0 fully saturated rings. The number of carbonyl (C=O) groups is 1. The highest BCUT2D eigenvalue weighted by Crippen LogP contribution is 2.28. The second kappa shape index (κ2) is 5.92. The van der Waals surface area contributed by atoms with Crippen LogP contribution in [0.1, 0.15) is 11.6 Å². The fourth-order valence-corrected chi connectivity index (χ4v) is 2.12. The van der Waals surface area contributed by atoms with Crippen molar-refractivity contribution in [1.82, 2.24) is 0 Å². The molecule has 0 aliphatic carbocycles. The maximum atomic E-state index is 13.3. The molecule has 0 aliphatic rings. The number of nitrogens with one attached hydrogen (secondary N) is 1. The summed E-state index contributed by atoms with van der Waals surface area (Å²) >= 11 is 3.30. The van der Waals surface area contributed by atoms with E-state index in [9.17, 15) is 14.3 Å². The number of hydrogen-bond acceptors (Lipinski definition) is 3. The van der Waals surface area contributed by atoms with Crippen LogP contribution in [0.25, 0.3) is 0 Å². The van der Waals surface area contributed by atoms with E-state index in [1.807, 2.05) is 0 Å². The molecule has 1 unspecified atom stereocenters. The topological polar surface area (TPSA) is 69.6 Å². The number of anilines is 1. The van der Waals surface area contributed by atoms with E-state index in [1.165, 1.54) is 6.07 Å². The minimum absolute atomic E-state index is 0.212. The first-order chi connectivity index (χ1) is 9.49. The largest absolute Gasteiger partial charge is 0.505 e. The van der Waals surface area contributed by atoms with Crippen LogP contribution in [-0.2, 0) is 4.79 Å². The molecule has 0 heterocycles. The summed E-state index contributed by atoms with van der Waals surface area (Å²) in [6.45, 7) is 0. The lowest BCUT2D eigenvalue weighted by Gasteiger charge is -2.17. The van der Waals surface area contributed by atoms with Gasteiger partial charge in [-0.15, -0.1) is 0 Å². The third kappa shape index (κ3) is 3.08. The number of carboxylic acid groups (broad SMARTS) is 1. The number of aromatic hydroxyl groups is 1. The molecule has 0 amide bonds. The van der Waals surface area contributed by atoms with Crippen LogP contribution in [0, 0.1) is 5.82 Å². The van der Waals surface area contributed by atoms with E-state index in [4.69, 9.17) is 5.11 Å². The number of rotatable bonds is 4. The van der Waals surface area contributed by atoms with Gasteiger partial charge in [0, 0.05) is 10.2 Å². The molecule has 3 N–H and O–H groups in total. The van der Waals surface area contributed by atoms with Crippen molar-refractivity contribution in [1.29, 1.82) is 0 Å². The van der Waals surface area contributed by atoms with Crippen molar-refractivity contribution < 1.29 is 19.4 Å². The van der Waals surface area contributed by atoms with E-state index in [2.05, 4.69) is 21.2 Å². The number of carboxylic acids is 1. The lowest BCUT2D eigenvalue weighted by molar-refractivity contribution is -0.138. The number of phenolic OH excluding ortho intramolecular Hbond substituents is 1. The first kappa shape index (κ1) is 14.3. The van der Waals surface area contributed by atoms with Crippen LogP contribution < -0.4 is 5.32 Å². The number of benzene rings is 2. The fraction of sp³-hybridized carbons (Fsp3) is 0.0714. The zero-order valence-electron chi connectivity index (χ0n) is 10.2. The van der Waals surface area contributed by atoms with Gasteiger partial charge in [-0.25, -0.2) is 9.18 Å². The Morgan fingerprint density at radius 2 is 1.95 bits per heavy atom. The molecule has 0 saturated heterocycles. The second-order valence-electron chi connectivity index (χ2n) is 4.11. The molecule has 2 rings (SSSR count). The summed E-state index contributed by atoms with van der Waals surface area (Å²) in [5.74, 6) is -2.52. The Hall–Kier alpha value is -2.08. The van der Waals surface area contributed by atoms with Gasteiger partial charge in [-0.05, 0) is 45.8 Å². The van der Waals surface area contributed by atoms with Gasteiger partial charge in [-0.1, -0.05) is 18.2 Å². The van der Waals surface area contributed by atoms with Crippen LogP contribution in [0.3, 0.4) is 0 Å². The molecule has 4 nitrogen and oxygen atoms in total. The first-order valence-corrected chi connectivity index (χ1v) is 6.50. The second-order valence-corrected chi connectivity index (χ2v) is 4.96. The van der Waals surface area contributed by atoms with Gasteiger partial charge in [0.15, 0.2) is 17.6 Å². The van der Waals surface area contributed by atoms with Crippen LogP contribution in [-0.4, -0.2) is 16.2 Å². The number of aliphatic carboxylic acids is 1. The van der Waals surface area contributed by atoms with E-state index < -0.39 is 23.6 Å². The van der Waals surface area contributed by atoms with Gasteiger partial charge in [0.05, 0.1) is 0 Å². The summed E-state index contributed by atoms with van der Waals surface area (Å²) in [7, 11) is 0. The van der Waals surface area contributed by atoms with Crippen molar-refractivity contribution in [3.63, 3.8) is 0 Å². The maximum Gasteiger partial charge on any atom is 0.330 e. The number of para-hydroxylation sites is 1. The molecule has 0 aliphatic heterocycles. The van der Waals surface area contributed by atoms with Gasteiger partial charge >= 0.3 is 5.97 Å². The number of hydrogen-bond donors (Lipinski definition) is 3. The van der Waals surface area contributed by atoms with Crippen molar-refractivity contribution in [3.8, 4) is 5.75 Å². The molecular weight excluding hydrogens is 329 g/mol. The molecule has 2 aromatic rings. The molecule has 104 valence electrons. The normalized spacial score (nSPS) is 11.9. The Labute approximate surface area is 123 Å². The van der Waals surface area contributed by atoms with Crippen molar-refractivity contribution >= 4 is 27.6 Å². The number of phenols is 1. The molecule has 6 heteroatoms. The SMILES string of the molecule is O=C(O)C(Nc1ccccc1Br)c1ccc(O)c(F)c1. The maximum absolute atomic E-state index is 13.3. The highest BCUT2D eigenvalue weighted by Gasteiger charge is 2.21. The zero-order chi connectivity index (χ0) is 14.7. The van der Waals surface area contributed by atoms with E-state index in [0.717, 1.165) is 12.1 Å². The molecule has 20 heavy (non-hydrogen) atoms. The molecule has 2 aromatic carbocycles. The molecule has 0 bridgehead atoms. The van der Waals surface area contributed by atoms with Gasteiger partial charge in [-0.3, -0.25) is 0 Å². The van der Waals surface area contributed by atoms with Crippen molar-refractivity contribution in [2.75, 3.05) is 5.32 Å². The summed E-state index contributed by atoms with van der Waals surface area (Å²) in [5, 5.41) is 21.2. The van der Waals surface area contributed by atoms with Gasteiger partial charge in [0.1, 0.15) is 0 Å². The highest BCUT2D eigenvalue weighted by atomic mass is 79.9. The van der Waals surface area contributed by atoms with Gasteiger partial charge in [0.2, 0.25) is 0 Å². The third-order valence-corrected chi connectivity index (χ3v) is 3.42. The summed E-state index contributed by atoms with van der Waals surface area (Å²) in [6.07, 6.45) is 0. The van der Waals surface area contributed by atoms with Gasteiger partial charge < -0.3 is 15.5 Å². The highest BCUT2D eigenvalue weighted by molar-refractivity contribution is 9.10. The summed E-state index contributed by atoms with van der Waals surface area (Å²) in [6, 6.07) is 9.38. The van der Waals surface area contributed by atoms with E-state index in [0.29, 0.717) is 10.2 Å². The van der Waals surface area contributed by atoms with E-state index >= 15 is 0 Å². The zero-order valence-corrected chi connectivity index (χ0v) is 11.8. The van der Waals surface area contributed by atoms with Crippen molar-refractivity contribution in [2.24, 2.45) is 0 Å². The van der Waals surface area contributed by atoms with Crippen LogP contribution in [0.15, 0.2) is 46.9 Å². The quantitative estimate of drug-likeness (QED) is 0.796. The monoisotopic (exact) mass is 339 g/mol. The average Bonchev–Trinajstić information content (AvgIpc) is 2.41. The Kier molecular flexibility index (Phi) is 4.24. The van der Waals surface area contributed by atoms with E-state index in [-0.39, 0.29) is 5.56 Å².